The van der Waals surface area contributed by atoms with Crippen LogP contribution in [0.1, 0.15) is 38.9 Å². The van der Waals surface area contributed by atoms with Gasteiger partial charge in [-0.15, -0.1) is 0 Å². The number of hydrogen-bond donors (Lipinski definition) is 1. The zero-order chi connectivity index (χ0) is 19.9. The van der Waals surface area contributed by atoms with Crippen molar-refractivity contribution in [2.24, 2.45) is 0 Å². The highest BCUT2D eigenvalue weighted by Crippen LogP contribution is 2.33. The molecule has 7 heteroatoms. The first-order chi connectivity index (χ1) is 13.3. The molecule has 2 aromatic carbocycles. The number of rotatable bonds is 4. The maximum absolute atomic E-state index is 12.6. The lowest BCUT2D eigenvalue weighted by Gasteiger charge is -2.13. The Kier molecular flexibility index (Phi) is 4.55. The van der Waals surface area contributed by atoms with E-state index in [0.29, 0.717) is 22.6 Å². The summed E-state index contributed by atoms with van der Waals surface area (Å²) < 4.78 is 26.5. The highest BCUT2D eigenvalue weighted by molar-refractivity contribution is 7.91. The van der Waals surface area contributed by atoms with E-state index in [1.165, 1.54) is 0 Å². The first-order valence-corrected chi connectivity index (χ1v) is 10.7. The molecule has 3 aromatic rings. The lowest BCUT2D eigenvalue weighted by molar-refractivity contribution is 0.0940. The number of amides is 1. The van der Waals surface area contributed by atoms with Gasteiger partial charge in [-0.1, -0.05) is 30.3 Å². The predicted molar refractivity (Wildman–Crippen MR) is 106 cm³/mol. The second-order valence-electron chi connectivity index (χ2n) is 7.13. The summed E-state index contributed by atoms with van der Waals surface area (Å²) >= 11 is 0. The minimum absolute atomic E-state index is 0.103. The summed E-state index contributed by atoms with van der Waals surface area (Å²) in [7, 11) is -3.35. The largest absolute Gasteiger partial charge is 0.344 e. The Morgan fingerprint density at radius 1 is 1.14 bits per heavy atom. The van der Waals surface area contributed by atoms with Crippen molar-refractivity contribution in [1.29, 1.82) is 0 Å². The number of aromatic nitrogens is 2. The zero-order valence-corrected chi connectivity index (χ0v) is 16.5. The molecular formula is C21H21N3O3S. The van der Waals surface area contributed by atoms with Crippen molar-refractivity contribution in [2.45, 2.75) is 31.3 Å². The van der Waals surface area contributed by atoms with Crippen LogP contribution in [0.15, 0.2) is 59.5 Å². The molecule has 1 aromatic heterocycles. The Balaban J connectivity index is 1.48. The third kappa shape index (κ3) is 3.45. The van der Waals surface area contributed by atoms with Gasteiger partial charge in [0.15, 0.2) is 9.84 Å². The fourth-order valence-corrected chi connectivity index (χ4v) is 5.32. The van der Waals surface area contributed by atoms with Crippen molar-refractivity contribution < 1.29 is 13.2 Å². The molecule has 0 aliphatic carbocycles. The molecule has 144 valence electrons. The van der Waals surface area contributed by atoms with Crippen LogP contribution in [0.25, 0.3) is 0 Å². The molecule has 0 bridgehead atoms. The SMILES string of the molecule is Cc1cc(C)n(Cc2ccc(C(=O)N[C@@H]3CS(=O)(=O)c4ccccc43)cc2)n1. The molecule has 0 fully saturated rings. The maximum Gasteiger partial charge on any atom is 0.251 e. The van der Waals surface area contributed by atoms with Crippen molar-refractivity contribution in [3.8, 4) is 0 Å². The van der Waals surface area contributed by atoms with Crippen molar-refractivity contribution in [3.05, 3.63) is 82.7 Å². The second kappa shape index (κ2) is 6.91. The summed E-state index contributed by atoms with van der Waals surface area (Å²) in [5, 5.41) is 7.30. The number of aryl methyl sites for hydroxylation is 2. The summed E-state index contributed by atoms with van der Waals surface area (Å²) in [6.07, 6.45) is 0. The quantitative estimate of drug-likeness (QED) is 0.737. The smallest absolute Gasteiger partial charge is 0.251 e. The average Bonchev–Trinajstić information content (AvgIpc) is 3.11. The number of nitrogens with one attached hydrogen (secondary N) is 1. The monoisotopic (exact) mass is 395 g/mol. The minimum Gasteiger partial charge on any atom is -0.344 e. The average molecular weight is 395 g/mol. The standard InChI is InChI=1S/C21H21N3O3S/c1-14-11-15(2)24(23-14)12-16-7-9-17(10-8-16)21(25)22-19-13-28(26,27)20-6-4-3-5-18(19)20/h3-11,19H,12-13H2,1-2H3,(H,22,25)/t19-/m1/s1. The Morgan fingerprint density at radius 3 is 2.54 bits per heavy atom. The number of fused-ring (bicyclic) bond motifs is 1. The number of carbonyl (C=O) groups excluding carboxylic acids is 1. The van der Waals surface area contributed by atoms with Crippen molar-refractivity contribution in [3.63, 3.8) is 0 Å². The topological polar surface area (TPSA) is 81.1 Å². The second-order valence-corrected chi connectivity index (χ2v) is 9.13. The van der Waals surface area contributed by atoms with E-state index in [4.69, 9.17) is 0 Å². The number of hydrogen-bond acceptors (Lipinski definition) is 4. The molecule has 0 saturated heterocycles. The lowest BCUT2D eigenvalue weighted by Crippen LogP contribution is -2.29. The Bertz CT molecular complexity index is 1150. The van der Waals surface area contributed by atoms with Gasteiger partial charge < -0.3 is 5.32 Å². The third-order valence-corrected chi connectivity index (χ3v) is 6.79. The predicted octanol–water partition coefficient (Wildman–Crippen LogP) is 2.81. The third-order valence-electron chi connectivity index (χ3n) is 4.97. The highest BCUT2D eigenvalue weighted by atomic mass is 32.2. The van der Waals surface area contributed by atoms with Gasteiger partial charge in [0.25, 0.3) is 5.91 Å². The first-order valence-electron chi connectivity index (χ1n) is 9.06. The van der Waals surface area contributed by atoms with Crippen LogP contribution in [-0.4, -0.2) is 29.9 Å². The molecule has 0 radical (unpaired) electrons. The minimum atomic E-state index is -3.35. The summed E-state index contributed by atoms with van der Waals surface area (Å²) in [6, 6.07) is 15.6. The molecule has 1 atom stereocenters. The molecular weight excluding hydrogens is 374 g/mol. The lowest BCUT2D eigenvalue weighted by atomic mass is 10.1. The van der Waals surface area contributed by atoms with Crippen molar-refractivity contribution >= 4 is 15.7 Å². The van der Waals surface area contributed by atoms with E-state index >= 15 is 0 Å². The molecule has 1 aliphatic heterocycles. The van der Waals surface area contributed by atoms with Gasteiger partial charge in [0.1, 0.15) is 0 Å². The van der Waals surface area contributed by atoms with Crippen LogP contribution < -0.4 is 5.32 Å². The number of carbonyl (C=O) groups is 1. The van der Waals surface area contributed by atoms with Gasteiger partial charge in [0.05, 0.1) is 28.9 Å². The van der Waals surface area contributed by atoms with Crippen LogP contribution >= 0.6 is 0 Å². The summed E-state index contributed by atoms with van der Waals surface area (Å²) in [5.41, 5.74) is 4.24. The number of benzene rings is 2. The fraction of sp³-hybridized carbons (Fsp3) is 0.238. The van der Waals surface area contributed by atoms with Gasteiger partial charge in [-0.2, -0.15) is 5.10 Å². The van der Waals surface area contributed by atoms with Crippen LogP contribution in [-0.2, 0) is 16.4 Å². The van der Waals surface area contributed by atoms with Gasteiger partial charge in [-0.05, 0) is 49.2 Å². The Labute approximate surface area is 164 Å². The van der Waals surface area contributed by atoms with Crippen LogP contribution in [0, 0.1) is 13.8 Å². The van der Waals surface area contributed by atoms with Crippen molar-refractivity contribution in [1.82, 2.24) is 15.1 Å². The van der Waals surface area contributed by atoms with E-state index in [2.05, 4.69) is 10.4 Å². The zero-order valence-electron chi connectivity index (χ0n) is 15.7. The molecule has 1 aliphatic rings. The van der Waals surface area contributed by atoms with E-state index in [-0.39, 0.29) is 11.7 Å². The van der Waals surface area contributed by atoms with Gasteiger partial charge in [-0.3, -0.25) is 9.48 Å². The van der Waals surface area contributed by atoms with Gasteiger partial charge in [0, 0.05) is 11.3 Å². The Morgan fingerprint density at radius 2 is 1.86 bits per heavy atom. The highest BCUT2D eigenvalue weighted by Gasteiger charge is 2.35. The molecule has 2 heterocycles. The van der Waals surface area contributed by atoms with E-state index < -0.39 is 15.9 Å². The summed E-state index contributed by atoms with van der Waals surface area (Å²) in [6.45, 7) is 4.60. The van der Waals surface area contributed by atoms with E-state index in [1.54, 1.807) is 36.4 Å². The van der Waals surface area contributed by atoms with E-state index in [9.17, 15) is 13.2 Å². The molecule has 4 rings (SSSR count). The normalized spacial score (nSPS) is 17.3. The molecule has 0 saturated carbocycles. The van der Waals surface area contributed by atoms with Gasteiger partial charge >= 0.3 is 0 Å². The summed E-state index contributed by atoms with van der Waals surface area (Å²) in [4.78, 5) is 12.9. The molecule has 28 heavy (non-hydrogen) atoms. The van der Waals surface area contributed by atoms with Gasteiger partial charge in [0.2, 0.25) is 0 Å². The molecule has 0 spiro atoms. The fourth-order valence-electron chi connectivity index (χ4n) is 3.58. The van der Waals surface area contributed by atoms with E-state index in [1.807, 2.05) is 36.7 Å². The van der Waals surface area contributed by atoms with E-state index in [0.717, 1.165) is 17.0 Å². The van der Waals surface area contributed by atoms with Crippen LogP contribution in [0.4, 0.5) is 0 Å². The van der Waals surface area contributed by atoms with Gasteiger partial charge in [-0.25, -0.2) is 8.42 Å². The Hall–Kier alpha value is -2.93. The number of nitrogens with zero attached hydrogens (tertiary/aromatic N) is 2. The van der Waals surface area contributed by atoms with Crippen LogP contribution in [0.2, 0.25) is 0 Å². The summed E-state index contributed by atoms with van der Waals surface area (Å²) in [5.74, 6) is -0.386. The molecule has 1 amide bonds. The first kappa shape index (κ1) is 18.4. The molecule has 0 unspecified atom stereocenters. The number of sulfone groups is 1. The van der Waals surface area contributed by atoms with Crippen LogP contribution in [0.5, 0.6) is 0 Å². The molecule has 1 N–H and O–H groups in total. The molecule has 6 nitrogen and oxygen atoms in total. The maximum atomic E-state index is 12.6. The van der Waals surface area contributed by atoms with Crippen molar-refractivity contribution in [2.75, 3.05) is 5.75 Å². The van der Waals surface area contributed by atoms with Crippen LogP contribution in [0.3, 0.4) is 0 Å².